The molecule has 2 heterocycles. The summed E-state index contributed by atoms with van der Waals surface area (Å²) in [6.07, 6.45) is 1.39. The van der Waals surface area contributed by atoms with E-state index in [2.05, 4.69) is 10.3 Å². The van der Waals surface area contributed by atoms with E-state index in [-0.39, 0.29) is 30.4 Å². The van der Waals surface area contributed by atoms with E-state index in [1.807, 2.05) is 49.4 Å². The van der Waals surface area contributed by atoms with Crippen molar-refractivity contribution in [1.82, 2.24) is 14.9 Å². The number of aryl methyl sites for hydroxylation is 1. The van der Waals surface area contributed by atoms with Crippen LogP contribution in [0.25, 0.3) is 0 Å². The molecule has 3 aromatic rings. The monoisotopic (exact) mass is 462 g/mol. The second-order valence-electron chi connectivity index (χ2n) is 8.31. The molecule has 2 amide bonds. The van der Waals surface area contributed by atoms with E-state index >= 15 is 0 Å². The highest BCUT2D eigenvalue weighted by Gasteiger charge is 2.49. The standard InChI is InChI=1S/C25H26N4O5/c1-16-8-7-10-18(12-16)29-22(30)21-20(23(31)34-4)27-15-28(21)14-25(29,2)24(32)26-13-17-9-5-6-11-19(17)33-3/h5-12,15H,13-14H2,1-4H3,(H,26,32)/t25-/m1/s1. The first-order valence-corrected chi connectivity index (χ1v) is 10.7. The number of benzene rings is 2. The molecule has 1 N–H and O–H groups in total. The number of rotatable bonds is 6. The van der Waals surface area contributed by atoms with E-state index in [9.17, 15) is 14.4 Å². The highest BCUT2D eigenvalue weighted by Crippen LogP contribution is 2.34. The van der Waals surface area contributed by atoms with Gasteiger partial charge in [-0.3, -0.25) is 14.5 Å². The summed E-state index contributed by atoms with van der Waals surface area (Å²) in [5.74, 6) is -0.921. The van der Waals surface area contributed by atoms with Gasteiger partial charge < -0.3 is 19.4 Å². The van der Waals surface area contributed by atoms with Crippen molar-refractivity contribution in [2.24, 2.45) is 0 Å². The van der Waals surface area contributed by atoms with Gasteiger partial charge in [0.2, 0.25) is 5.91 Å². The number of esters is 1. The van der Waals surface area contributed by atoms with Crippen LogP contribution < -0.4 is 15.0 Å². The molecule has 0 saturated heterocycles. The molecule has 2 aromatic carbocycles. The van der Waals surface area contributed by atoms with Gasteiger partial charge in [0.15, 0.2) is 5.69 Å². The Balaban J connectivity index is 1.75. The fourth-order valence-electron chi connectivity index (χ4n) is 4.26. The second kappa shape index (κ2) is 9.01. The summed E-state index contributed by atoms with van der Waals surface area (Å²) in [7, 11) is 2.80. The largest absolute Gasteiger partial charge is 0.496 e. The zero-order valence-electron chi connectivity index (χ0n) is 19.5. The third-order valence-electron chi connectivity index (χ3n) is 5.97. The number of imidazole rings is 1. The molecule has 0 unspecified atom stereocenters. The fourth-order valence-corrected chi connectivity index (χ4v) is 4.26. The number of nitrogens with zero attached hydrogens (tertiary/aromatic N) is 3. The first-order valence-electron chi connectivity index (χ1n) is 10.7. The fraction of sp³-hybridized carbons (Fsp3) is 0.280. The zero-order chi connectivity index (χ0) is 24.5. The Morgan fingerprint density at radius 1 is 1.15 bits per heavy atom. The summed E-state index contributed by atoms with van der Waals surface area (Å²) in [4.78, 5) is 45.2. The summed E-state index contributed by atoms with van der Waals surface area (Å²) in [6, 6.07) is 14.7. The lowest BCUT2D eigenvalue weighted by Gasteiger charge is -2.43. The minimum absolute atomic E-state index is 0.0818. The molecule has 1 aliphatic rings. The van der Waals surface area contributed by atoms with Gasteiger partial charge in [0.05, 0.1) is 27.1 Å². The molecule has 0 bridgehead atoms. The van der Waals surface area contributed by atoms with E-state index < -0.39 is 17.4 Å². The van der Waals surface area contributed by atoms with Crippen molar-refractivity contribution in [2.75, 3.05) is 19.1 Å². The van der Waals surface area contributed by atoms with Gasteiger partial charge in [-0.15, -0.1) is 0 Å². The van der Waals surface area contributed by atoms with Gasteiger partial charge in [0, 0.05) is 17.8 Å². The number of fused-ring (bicyclic) bond motifs is 1. The van der Waals surface area contributed by atoms with Crippen LogP contribution in [-0.2, 0) is 22.6 Å². The highest BCUT2D eigenvalue weighted by atomic mass is 16.5. The van der Waals surface area contributed by atoms with Gasteiger partial charge in [0.25, 0.3) is 5.91 Å². The predicted molar refractivity (Wildman–Crippen MR) is 125 cm³/mol. The van der Waals surface area contributed by atoms with Gasteiger partial charge in [-0.1, -0.05) is 30.3 Å². The third kappa shape index (κ3) is 3.89. The van der Waals surface area contributed by atoms with E-state index in [0.29, 0.717) is 11.4 Å². The first-order chi connectivity index (χ1) is 16.3. The summed E-state index contributed by atoms with van der Waals surface area (Å²) >= 11 is 0. The number of carbonyl (C=O) groups is 3. The first kappa shape index (κ1) is 23.0. The Hall–Kier alpha value is -4.14. The van der Waals surface area contributed by atoms with E-state index in [0.717, 1.165) is 11.1 Å². The summed E-state index contributed by atoms with van der Waals surface area (Å²) in [5, 5.41) is 2.95. The molecule has 1 aliphatic heterocycles. The maximum absolute atomic E-state index is 13.8. The lowest BCUT2D eigenvalue weighted by molar-refractivity contribution is -0.126. The molecule has 34 heavy (non-hydrogen) atoms. The maximum Gasteiger partial charge on any atom is 0.359 e. The van der Waals surface area contributed by atoms with Crippen LogP contribution in [0.1, 0.15) is 39.0 Å². The Labute approximate surface area is 197 Å². The number of methoxy groups -OCH3 is 2. The van der Waals surface area contributed by atoms with Crippen molar-refractivity contribution < 1.29 is 23.9 Å². The molecule has 1 aromatic heterocycles. The van der Waals surface area contributed by atoms with Crippen LogP contribution in [0.3, 0.4) is 0 Å². The van der Waals surface area contributed by atoms with Crippen LogP contribution in [0.4, 0.5) is 5.69 Å². The number of nitrogens with one attached hydrogen (secondary N) is 1. The Bertz CT molecular complexity index is 1270. The number of ether oxygens (including phenoxy) is 2. The third-order valence-corrected chi connectivity index (χ3v) is 5.97. The zero-order valence-corrected chi connectivity index (χ0v) is 19.5. The number of anilines is 1. The van der Waals surface area contributed by atoms with Crippen LogP contribution in [0.15, 0.2) is 54.9 Å². The summed E-state index contributed by atoms with van der Waals surface area (Å²) in [5.41, 5.74) is 0.985. The SMILES string of the molecule is COC(=O)c1ncn2c1C(=O)N(c1cccc(C)c1)[C@@](C)(C(=O)NCc1ccccc1OC)C2. The molecule has 0 spiro atoms. The minimum Gasteiger partial charge on any atom is -0.496 e. The molecule has 0 fully saturated rings. The molecule has 9 nitrogen and oxygen atoms in total. The molecule has 9 heteroatoms. The highest BCUT2D eigenvalue weighted by molar-refractivity contribution is 6.15. The molecular weight excluding hydrogens is 436 g/mol. The Morgan fingerprint density at radius 3 is 2.62 bits per heavy atom. The van der Waals surface area contributed by atoms with Crippen LogP contribution in [0.5, 0.6) is 5.75 Å². The minimum atomic E-state index is -1.30. The smallest absolute Gasteiger partial charge is 0.359 e. The van der Waals surface area contributed by atoms with Gasteiger partial charge in [-0.2, -0.15) is 0 Å². The second-order valence-corrected chi connectivity index (χ2v) is 8.31. The van der Waals surface area contributed by atoms with Crippen molar-refractivity contribution in [3.8, 4) is 5.75 Å². The van der Waals surface area contributed by atoms with Crippen LogP contribution >= 0.6 is 0 Å². The summed E-state index contributed by atoms with van der Waals surface area (Å²) in [6.45, 7) is 3.93. The molecule has 0 radical (unpaired) electrons. The normalized spacial score (nSPS) is 17.2. The van der Waals surface area contributed by atoms with Crippen LogP contribution in [0, 0.1) is 6.92 Å². The molecule has 176 valence electrons. The average Bonchev–Trinajstić information content (AvgIpc) is 3.26. The van der Waals surface area contributed by atoms with Gasteiger partial charge in [-0.25, -0.2) is 9.78 Å². The summed E-state index contributed by atoms with van der Waals surface area (Å²) < 4.78 is 11.7. The average molecular weight is 463 g/mol. The van der Waals surface area contributed by atoms with Crippen molar-refractivity contribution >= 4 is 23.5 Å². The topological polar surface area (TPSA) is 103 Å². The quantitative estimate of drug-likeness (QED) is 0.565. The number of hydrogen-bond acceptors (Lipinski definition) is 6. The van der Waals surface area contributed by atoms with Crippen molar-refractivity contribution in [2.45, 2.75) is 32.5 Å². The Kier molecular flexibility index (Phi) is 6.10. The van der Waals surface area contributed by atoms with Crippen molar-refractivity contribution in [3.63, 3.8) is 0 Å². The van der Waals surface area contributed by atoms with E-state index in [4.69, 9.17) is 9.47 Å². The lowest BCUT2D eigenvalue weighted by atomic mass is 9.93. The number of hydrogen-bond donors (Lipinski definition) is 1. The molecule has 1 atom stereocenters. The van der Waals surface area contributed by atoms with E-state index in [1.165, 1.54) is 22.9 Å². The van der Waals surface area contributed by atoms with Gasteiger partial charge in [-0.05, 0) is 37.6 Å². The Morgan fingerprint density at radius 2 is 1.91 bits per heavy atom. The number of aromatic nitrogens is 2. The lowest BCUT2D eigenvalue weighted by Crippen LogP contribution is -2.64. The van der Waals surface area contributed by atoms with Crippen molar-refractivity contribution in [3.05, 3.63) is 77.4 Å². The van der Waals surface area contributed by atoms with Gasteiger partial charge >= 0.3 is 5.97 Å². The molecule has 4 rings (SSSR count). The van der Waals surface area contributed by atoms with Crippen molar-refractivity contribution in [1.29, 1.82) is 0 Å². The number of carbonyl (C=O) groups excluding carboxylic acids is 3. The molecule has 0 saturated carbocycles. The molecular formula is C25H26N4O5. The van der Waals surface area contributed by atoms with E-state index in [1.54, 1.807) is 20.1 Å². The molecule has 0 aliphatic carbocycles. The maximum atomic E-state index is 13.8. The van der Waals surface area contributed by atoms with Crippen LogP contribution in [-0.4, -0.2) is 47.1 Å². The predicted octanol–water partition coefficient (Wildman–Crippen LogP) is 2.72. The number of para-hydroxylation sites is 1. The van der Waals surface area contributed by atoms with Crippen LogP contribution in [0.2, 0.25) is 0 Å². The number of amides is 2. The van der Waals surface area contributed by atoms with Gasteiger partial charge in [0.1, 0.15) is 17.0 Å².